The molecule has 1 aromatic heterocycles. The summed E-state index contributed by atoms with van der Waals surface area (Å²) < 4.78 is 1.93. The topological polar surface area (TPSA) is 64.1 Å². The maximum Gasteiger partial charge on any atom is 0.102 e. The Bertz CT molecular complexity index is 429. The molecule has 20 heavy (non-hydrogen) atoms. The van der Waals surface area contributed by atoms with Crippen molar-refractivity contribution in [2.45, 2.75) is 65.5 Å². The number of aryl methyl sites for hydroxylation is 1. The Morgan fingerprint density at radius 2 is 2.00 bits per heavy atom. The molecule has 1 saturated carbocycles. The number of rotatable bonds is 5. The molecule has 0 saturated heterocycles. The van der Waals surface area contributed by atoms with E-state index >= 15 is 0 Å². The van der Waals surface area contributed by atoms with Gasteiger partial charge in [0.1, 0.15) is 6.10 Å². The molecule has 1 aromatic rings. The lowest BCUT2D eigenvalue weighted by atomic mass is 9.62. The van der Waals surface area contributed by atoms with E-state index in [0.717, 1.165) is 44.3 Å². The Hall–Kier alpha value is -0.870. The Morgan fingerprint density at radius 3 is 2.55 bits per heavy atom. The summed E-state index contributed by atoms with van der Waals surface area (Å²) in [6.45, 7) is 8.13. The highest BCUT2D eigenvalue weighted by molar-refractivity contribution is 5.11. The Labute approximate surface area is 122 Å². The van der Waals surface area contributed by atoms with Crippen LogP contribution < -0.4 is 5.73 Å². The second-order valence-corrected chi connectivity index (χ2v) is 7.11. The zero-order chi connectivity index (χ0) is 14.8. The van der Waals surface area contributed by atoms with E-state index in [0.29, 0.717) is 12.0 Å². The lowest BCUT2D eigenvalue weighted by molar-refractivity contribution is -0.0282. The molecule has 1 fully saturated rings. The zero-order valence-electron chi connectivity index (χ0n) is 13.1. The summed E-state index contributed by atoms with van der Waals surface area (Å²) in [7, 11) is 0. The van der Waals surface area contributed by atoms with E-state index < -0.39 is 6.10 Å². The van der Waals surface area contributed by atoms with Crippen LogP contribution in [0.3, 0.4) is 0 Å². The van der Waals surface area contributed by atoms with Gasteiger partial charge in [-0.15, -0.1) is 0 Å². The number of hydrogen-bond donors (Lipinski definition) is 2. The van der Waals surface area contributed by atoms with Crippen molar-refractivity contribution in [1.29, 1.82) is 0 Å². The molecular formula is C16H29N3O. The SMILES string of the molecule is CCCn1nccc1C(O)C1(CN)CCC(C)(C)CC1. The van der Waals surface area contributed by atoms with Gasteiger partial charge in [0.2, 0.25) is 0 Å². The Kier molecular flexibility index (Phi) is 4.55. The predicted octanol–water partition coefficient (Wildman–Crippen LogP) is 2.87. The Balaban J connectivity index is 2.21. The van der Waals surface area contributed by atoms with Gasteiger partial charge in [-0.3, -0.25) is 4.68 Å². The first-order valence-electron chi connectivity index (χ1n) is 7.84. The first-order valence-corrected chi connectivity index (χ1v) is 7.84. The number of aromatic nitrogens is 2. The number of nitrogens with two attached hydrogens (primary N) is 1. The van der Waals surface area contributed by atoms with E-state index in [1.165, 1.54) is 0 Å². The van der Waals surface area contributed by atoms with Gasteiger partial charge in [-0.1, -0.05) is 20.8 Å². The van der Waals surface area contributed by atoms with Gasteiger partial charge in [0.05, 0.1) is 5.69 Å². The fourth-order valence-corrected chi connectivity index (χ4v) is 3.30. The van der Waals surface area contributed by atoms with Crippen LogP contribution in [0.15, 0.2) is 12.3 Å². The summed E-state index contributed by atoms with van der Waals surface area (Å²) in [6.07, 6.45) is 6.54. The third-order valence-electron chi connectivity index (χ3n) is 5.05. The molecule has 0 aliphatic heterocycles. The van der Waals surface area contributed by atoms with Crippen molar-refractivity contribution in [2.24, 2.45) is 16.6 Å². The molecule has 0 radical (unpaired) electrons. The van der Waals surface area contributed by atoms with Gasteiger partial charge in [-0.2, -0.15) is 5.10 Å². The van der Waals surface area contributed by atoms with Gasteiger partial charge in [0.15, 0.2) is 0 Å². The van der Waals surface area contributed by atoms with Crippen molar-refractivity contribution in [3.63, 3.8) is 0 Å². The standard InChI is InChI=1S/C16H29N3O/c1-4-11-19-13(5-10-18-19)14(20)16(12-17)8-6-15(2,3)7-9-16/h5,10,14,20H,4,6-9,11-12,17H2,1-3H3. The lowest BCUT2D eigenvalue weighted by Crippen LogP contribution is -2.42. The average Bonchev–Trinajstić information content (AvgIpc) is 2.87. The molecule has 114 valence electrons. The van der Waals surface area contributed by atoms with Gasteiger partial charge in [-0.05, 0) is 43.6 Å². The lowest BCUT2D eigenvalue weighted by Gasteiger charge is -2.45. The van der Waals surface area contributed by atoms with Crippen LogP contribution in [0.2, 0.25) is 0 Å². The monoisotopic (exact) mass is 279 g/mol. The van der Waals surface area contributed by atoms with Gasteiger partial charge >= 0.3 is 0 Å². The summed E-state index contributed by atoms with van der Waals surface area (Å²) in [4.78, 5) is 0. The minimum Gasteiger partial charge on any atom is -0.386 e. The van der Waals surface area contributed by atoms with Crippen LogP contribution in [0.1, 0.15) is 64.7 Å². The molecule has 0 amide bonds. The van der Waals surface area contributed by atoms with Crippen LogP contribution in [0.25, 0.3) is 0 Å². The molecule has 2 rings (SSSR count). The molecule has 1 aliphatic rings. The summed E-state index contributed by atoms with van der Waals surface area (Å²) in [5.41, 5.74) is 7.19. The zero-order valence-corrected chi connectivity index (χ0v) is 13.1. The number of aliphatic hydroxyl groups excluding tert-OH is 1. The third-order valence-corrected chi connectivity index (χ3v) is 5.05. The molecule has 1 heterocycles. The maximum absolute atomic E-state index is 10.9. The summed E-state index contributed by atoms with van der Waals surface area (Å²) in [5.74, 6) is 0. The summed E-state index contributed by atoms with van der Waals surface area (Å²) >= 11 is 0. The number of nitrogens with zero attached hydrogens (tertiary/aromatic N) is 2. The van der Waals surface area contributed by atoms with Gasteiger partial charge < -0.3 is 10.8 Å². The van der Waals surface area contributed by atoms with Crippen LogP contribution >= 0.6 is 0 Å². The van der Waals surface area contributed by atoms with E-state index in [2.05, 4.69) is 25.9 Å². The number of aliphatic hydroxyl groups is 1. The van der Waals surface area contributed by atoms with Crippen molar-refractivity contribution in [1.82, 2.24) is 9.78 Å². The second-order valence-electron chi connectivity index (χ2n) is 7.11. The van der Waals surface area contributed by atoms with E-state index in [-0.39, 0.29) is 5.41 Å². The van der Waals surface area contributed by atoms with E-state index in [1.54, 1.807) is 6.20 Å². The summed E-state index contributed by atoms with van der Waals surface area (Å²) in [5, 5.41) is 15.3. The molecule has 0 bridgehead atoms. The Morgan fingerprint density at radius 1 is 1.35 bits per heavy atom. The summed E-state index contributed by atoms with van der Waals surface area (Å²) in [6, 6.07) is 1.94. The van der Waals surface area contributed by atoms with Gasteiger partial charge in [0.25, 0.3) is 0 Å². The average molecular weight is 279 g/mol. The molecule has 3 N–H and O–H groups in total. The second kappa shape index (κ2) is 5.86. The molecular weight excluding hydrogens is 250 g/mol. The van der Waals surface area contributed by atoms with Crippen molar-refractivity contribution in [3.8, 4) is 0 Å². The normalized spacial score (nSPS) is 22.6. The smallest absolute Gasteiger partial charge is 0.102 e. The fourth-order valence-electron chi connectivity index (χ4n) is 3.30. The minimum absolute atomic E-state index is 0.180. The van der Waals surface area contributed by atoms with Crippen molar-refractivity contribution in [3.05, 3.63) is 18.0 Å². The molecule has 4 heteroatoms. The highest BCUT2D eigenvalue weighted by Crippen LogP contribution is 2.50. The van der Waals surface area contributed by atoms with E-state index in [1.807, 2.05) is 10.7 Å². The first kappa shape index (κ1) is 15.5. The molecule has 4 nitrogen and oxygen atoms in total. The van der Waals surface area contributed by atoms with Gasteiger partial charge in [0, 0.05) is 24.7 Å². The van der Waals surface area contributed by atoms with Crippen LogP contribution in [0, 0.1) is 10.8 Å². The molecule has 0 spiro atoms. The van der Waals surface area contributed by atoms with Crippen molar-refractivity contribution < 1.29 is 5.11 Å². The maximum atomic E-state index is 10.9. The van der Waals surface area contributed by atoms with Crippen LogP contribution in [0.5, 0.6) is 0 Å². The molecule has 1 atom stereocenters. The fraction of sp³-hybridized carbons (Fsp3) is 0.812. The minimum atomic E-state index is -0.502. The third kappa shape index (κ3) is 2.91. The quantitative estimate of drug-likeness (QED) is 0.871. The van der Waals surface area contributed by atoms with Gasteiger partial charge in [-0.25, -0.2) is 0 Å². The molecule has 1 unspecified atom stereocenters. The van der Waals surface area contributed by atoms with E-state index in [4.69, 9.17) is 5.73 Å². The van der Waals surface area contributed by atoms with Crippen molar-refractivity contribution >= 4 is 0 Å². The van der Waals surface area contributed by atoms with Crippen LogP contribution in [-0.4, -0.2) is 21.4 Å². The van der Waals surface area contributed by atoms with Crippen molar-refractivity contribution in [2.75, 3.05) is 6.54 Å². The highest BCUT2D eigenvalue weighted by Gasteiger charge is 2.43. The van der Waals surface area contributed by atoms with E-state index in [9.17, 15) is 5.11 Å². The highest BCUT2D eigenvalue weighted by atomic mass is 16.3. The first-order chi connectivity index (χ1) is 9.44. The number of hydrogen-bond acceptors (Lipinski definition) is 3. The van der Waals surface area contributed by atoms with Crippen LogP contribution in [0.4, 0.5) is 0 Å². The molecule has 0 aromatic carbocycles. The predicted molar refractivity (Wildman–Crippen MR) is 81.2 cm³/mol. The largest absolute Gasteiger partial charge is 0.386 e. The molecule has 1 aliphatic carbocycles. The van der Waals surface area contributed by atoms with Crippen LogP contribution in [-0.2, 0) is 6.54 Å².